The van der Waals surface area contributed by atoms with E-state index in [4.69, 9.17) is 4.74 Å². The summed E-state index contributed by atoms with van der Waals surface area (Å²) >= 11 is 0. The van der Waals surface area contributed by atoms with Gasteiger partial charge in [0.2, 0.25) is 11.8 Å². The molecule has 3 aromatic carbocycles. The standard InChI is InChI=1S/C25H22N2O3/c28-24(26-21-11-5-7-13-23(21)30-18-9-2-1-3-10-18)19-16-20(19)25(29)27-15-14-17-8-4-6-12-22(17)27/h1-13,19-20H,14-16H2,(H,26,28). The Morgan fingerprint density at radius 2 is 1.60 bits per heavy atom. The normalized spacial score (nSPS) is 19.1. The molecule has 2 amide bonds. The van der Waals surface area contributed by atoms with Gasteiger partial charge in [0.25, 0.3) is 0 Å². The van der Waals surface area contributed by atoms with E-state index in [1.807, 2.05) is 77.7 Å². The highest BCUT2D eigenvalue weighted by molar-refractivity contribution is 6.05. The van der Waals surface area contributed by atoms with Gasteiger partial charge in [-0.2, -0.15) is 0 Å². The zero-order valence-corrected chi connectivity index (χ0v) is 16.5. The molecule has 2 aliphatic rings. The molecule has 1 saturated carbocycles. The molecule has 0 aromatic heterocycles. The van der Waals surface area contributed by atoms with Gasteiger partial charge < -0.3 is 15.0 Å². The van der Waals surface area contributed by atoms with Gasteiger partial charge in [-0.25, -0.2) is 0 Å². The van der Waals surface area contributed by atoms with Crippen molar-refractivity contribution in [2.24, 2.45) is 11.8 Å². The molecule has 0 bridgehead atoms. The molecule has 0 radical (unpaired) electrons. The fraction of sp³-hybridized carbons (Fsp3) is 0.200. The Kier molecular flexibility index (Phi) is 4.71. The summed E-state index contributed by atoms with van der Waals surface area (Å²) in [5, 5.41) is 2.95. The fourth-order valence-electron chi connectivity index (χ4n) is 4.02. The highest BCUT2D eigenvalue weighted by Gasteiger charge is 2.50. The number of amides is 2. The number of rotatable bonds is 5. The van der Waals surface area contributed by atoms with Crippen molar-refractivity contribution in [1.29, 1.82) is 0 Å². The minimum absolute atomic E-state index is 0.0499. The van der Waals surface area contributed by atoms with E-state index >= 15 is 0 Å². The van der Waals surface area contributed by atoms with Gasteiger partial charge in [0.1, 0.15) is 5.75 Å². The Morgan fingerprint density at radius 1 is 0.867 bits per heavy atom. The number of ether oxygens (including phenoxy) is 1. The Hall–Kier alpha value is -3.60. The summed E-state index contributed by atoms with van der Waals surface area (Å²) in [6, 6.07) is 24.8. The van der Waals surface area contributed by atoms with Crippen molar-refractivity contribution in [2.45, 2.75) is 12.8 Å². The van der Waals surface area contributed by atoms with Crippen LogP contribution < -0.4 is 15.0 Å². The SMILES string of the molecule is O=C(Nc1ccccc1Oc1ccccc1)C1CC1C(=O)N1CCc2ccccc21. The lowest BCUT2D eigenvalue weighted by Crippen LogP contribution is -2.32. The maximum Gasteiger partial charge on any atom is 0.230 e. The van der Waals surface area contributed by atoms with Crippen molar-refractivity contribution in [2.75, 3.05) is 16.8 Å². The van der Waals surface area contributed by atoms with Crippen molar-refractivity contribution < 1.29 is 14.3 Å². The predicted octanol–water partition coefficient (Wildman–Crippen LogP) is 4.64. The lowest BCUT2D eigenvalue weighted by molar-refractivity contribution is -0.123. The van der Waals surface area contributed by atoms with Crippen LogP contribution in [0.25, 0.3) is 0 Å². The molecule has 1 aliphatic heterocycles. The van der Waals surface area contributed by atoms with Crippen LogP contribution in [0.4, 0.5) is 11.4 Å². The Morgan fingerprint density at radius 3 is 2.47 bits per heavy atom. The Labute approximate surface area is 175 Å². The summed E-state index contributed by atoms with van der Waals surface area (Å²) in [6.45, 7) is 0.691. The highest BCUT2D eigenvalue weighted by atomic mass is 16.5. The van der Waals surface area contributed by atoms with Gasteiger partial charge >= 0.3 is 0 Å². The summed E-state index contributed by atoms with van der Waals surface area (Å²) in [5.74, 6) is 0.646. The monoisotopic (exact) mass is 398 g/mol. The van der Waals surface area contributed by atoms with Gasteiger partial charge in [-0.05, 0) is 48.7 Å². The van der Waals surface area contributed by atoms with Crippen LogP contribution in [0.1, 0.15) is 12.0 Å². The molecule has 2 atom stereocenters. The molecule has 30 heavy (non-hydrogen) atoms. The van der Waals surface area contributed by atoms with Gasteiger partial charge in [0.05, 0.1) is 17.5 Å². The third-order valence-electron chi connectivity index (χ3n) is 5.71. The number of fused-ring (bicyclic) bond motifs is 1. The largest absolute Gasteiger partial charge is 0.455 e. The maximum absolute atomic E-state index is 13.0. The van der Waals surface area contributed by atoms with E-state index in [0.717, 1.165) is 12.1 Å². The molecular weight excluding hydrogens is 376 g/mol. The molecule has 5 rings (SSSR count). The Balaban J connectivity index is 1.25. The molecule has 1 heterocycles. The number of para-hydroxylation sites is 4. The van der Waals surface area contributed by atoms with Gasteiger partial charge in [0.15, 0.2) is 5.75 Å². The molecule has 150 valence electrons. The molecule has 3 aromatic rings. The van der Waals surface area contributed by atoms with Gasteiger partial charge in [-0.15, -0.1) is 0 Å². The summed E-state index contributed by atoms with van der Waals surface area (Å²) < 4.78 is 5.92. The second kappa shape index (κ2) is 7.67. The highest BCUT2D eigenvalue weighted by Crippen LogP contribution is 2.43. The number of nitrogens with one attached hydrogen (secondary N) is 1. The maximum atomic E-state index is 13.0. The van der Waals surface area contributed by atoms with Crippen LogP contribution in [0.15, 0.2) is 78.9 Å². The lowest BCUT2D eigenvalue weighted by atomic mass is 10.2. The molecule has 1 N–H and O–H groups in total. The van der Waals surface area contributed by atoms with E-state index in [-0.39, 0.29) is 23.7 Å². The molecular formula is C25H22N2O3. The first kappa shape index (κ1) is 18.4. The smallest absolute Gasteiger partial charge is 0.230 e. The first-order valence-corrected chi connectivity index (χ1v) is 10.2. The molecule has 5 nitrogen and oxygen atoms in total. The first-order valence-electron chi connectivity index (χ1n) is 10.2. The molecule has 0 spiro atoms. The first-order chi connectivity index (χ1) is 14.7. The quantitative estimate of drug-likeness (QED) is 0.681. The second-order valence-corrected chi connectivity index (χ2v) is 7.72. The van der Waals surface area contributed by atoms with Crippen LogP contribution in [0, 0.1) is 11.8 Å². The van der Waals surface area contributed by atoms with Crippen LogP contribution >= 0.6 is 0 Å². The Bertz CT molecular complexity index is 1100. The van der Waals surface area contributed by atoms with Crippen molar-refractivity contribution in [3.05, 3.63) is 84.4 Å². The zero-order chi connectivity index (χ0) is 20.5. The number of hydrogen-bond acceptors (Lipinski definition) is 3. The minimum atomic E-state index is -0.296. The number of nitrogens with zero attached hydrogens (tertiary/aromatic N) is 1. The second-order valence-electron chi connectivity index (χ2n) is 7.72. The molecule has 5 heteroatoms. The van der Waals surface area contributed by atoms with Gasteiger partial charge in [-0.1, -0.05) is 48.5 Å². The van der Waals surface area contributed by atoms with E-state index < -0.39 is 0 Å². The van der Waals surface area contributed by atoms with Crippen molar-refractivity contribution in [3.63, 3.8) is 0 Å². The third kappa shape index (κ3) is 3.54. The van der Waals surface area contributed by atoms with E-state index in [9.17, 15) is 9.59 Å². The predicted molar refractivity (Wildman–Crippen MR) is 116 cm³/mol. The van der Waals surface area contributed by atoms with E-state index in [1.54, 1.807) is 0 Å². The molecule has 1 fully saturated rings. The summed E-state index contributed by atoms with van der Waals surface area (Å²) in [7, 11) is 0. The number of hydrogen-bond donors (Lipinski definition) is 1. The molecule has 1 aliphatic carbocycles. The van der Waals surface area contributed by atoms with Gasteiger partial charge in [-0.3, -0.25) is 9.59 Å². The topological polar surface area (TPSA) is 58.6 Å². The average molecular weight is 398 g/mol. The average Bonchev–Trinajstić information content (AvgIpc) is 3.47. The van der Waals surface area contributed by atoms with Crippen LogP contribution in [0.2, 0.25) is 0 Å². The minimum Gasteiger partial charge on any atom is -0.455 e. The summed E-state index contributed by atoms with van der Waals surface area (Å²) in [4.78, 5) is 27.6. The number of carbonyl (C=O) groups is 2. The molecule has 2 unspecified atom stereocenters. The van der Waals surface area contributed by atoms with Gasteiger partial charge in [0, 0.05) is 12.2 Å². The number of benzene rings is 3. The molecule has 0 saturated heterocycles. The lowest BCUT2D eigenvalue weighted by Gasteiger charge is -2.17. The zero-order valence-electron chi connectivity index (χ0n) is 16.5. The van der Waals surface area contributed by atoms with Crippen LogP contribution in [0.3, 0.4) is 0 Å². The van der Waals surface area contributed by atoms with Crippen molar-refractivity contribution in [1.82, 2.24) is 0 Å². The van der Waals surface area contributed by atoms with E-state index in [2.05, 4.69) is 11.4 Å². The van der Waals surface area contributed by atoms with Crippen LogP contribution in [0.5, 0.6) is 11.5 Å². The van der Waals surface area contributed by atoms with Crippen molar-refractivity contribution in [3.8, 4) is 11.5 Å². The number of anilines is 2. The fourth-order valence-corrected chi connectivity index (χ4v) is 4.02. The van der Waals surface area contributed by atoms with E-state index in [1.165, 1.54) is 5.56 Å². The van der Waals surface area contributed by atoms with E-state index in [0.29, 0.717) is 30.2 Å². The summed E-state index contributed by atoms with van der Waals surface area (Å²) in [6.07, 6.45) is 1.46. The third-order valence-corrected chi connectivity index (χ3v) is 5.71. The number of carbonyl (C=O) groups excluding carboxylic acids is 2. The van der Waals surface area contributed by atoms with Crippen LogP contribution in [-0.4, -0.2) is 18.4 Å². The summed E-state index contributed by atoms with van der Waals surface area (Å²) in [5.41, 5.74) is 2.78. The van der Waals surface area contributed by atoms with Crippen LogP contribution in [-0.2, 0) is 16.0 Å². The van der Waals surface area contributed by atoms with Crippen molar-refractivity contribution >= 4 is 23.2 Å².